The summed E-state index contributed by atoms with van der Waals surface area (Å²) in [4.78, 5) is 28.5. The van der Waals surface area contributed by atoms with Crippen LogP contribution in [0.1, 0.15) is 21.6 Å². The molecule has 2 amide bonds. The standard InChI is InChI=1S/C22H18F3N7O2/c1-14-2-6-17(7-3-14)32-20(22(23,24)25)18(10-28-32)21(34)27-11-19(33)30-15-4-8-16(9-5-15)31-13-26-12-29-31/h2-10,12-13H,11H2,1H3,(H,27,34)(H,30,33). The summed E-state index contributed by atoms with van der Waals surface area (Å²) in [5.41, 5.74) is 0.266. The maximum Gasteiger partial charge on any atom is 0.434 e. The van der Waals surface area contributed by atoms with E-state index in [4.69, 9.17) is 0 Å². The fourth-order valence-electron chi connectivity index (χ4n) is 3.17. The average Bonchev–Trinajstić information content (AvgIpc) is 3.49. The van der Waals surface area contributed by atoms with Crippen molar-refractivity contribution in [3.8, 4) is 11.4 Å². The molecular formula is C22H18F3N7O2. The van der Waals surface area contributed by atoms with Gasteiger partial charge >= 0.3 is 6.18 Å². The van der Waals surface area contributed by atoms with Crippen LogP contribution in [0.25, 0.3) is 11.4 Å². The summed E-state index contributed by atoms with van der Waals surface area (Å²) in [5.74, 6) is -1.68. The summed E-state index contributed by atoms with van der Waals surface area (Å²) in [7, 11) is 0. The highest BCUT2D eigenvalue weighted by Gasteiger charge is 2.40. The molecule has 34 heavy (non-hydrogen) atoms. The zero-order valence-electron chi connectivity index (χ0n) is 17.7. The normalized spacial score (nSPS) is 11.3. The van der Waals surface area contributed by atoms with Gasteiger partial charge in [-0.15, -0.1) is 0 Å². The number of hydrogen-bond acceptors (Lipinski definition) is 5. The molecule has 0 aliphatic heterocycles. The number of carbonyl (C=O) groups is 2. The molecule has 0 aliphatic rings. The lowest BCUT2D eigenvalue weighted by Gasteiger charge is -2.13. The van der Waals surface area contributed by atoms with Crippen LogP contribution in [0, 0.1) is 6.92 Å². The summed E-state index contributed by atoms with van der Waals surface area (Å²) >= 11 is 0. The SMILES string of the molecule is Cc1ccc(-n2ncc(C(=O)NCC(=O)Nc3ccc(-n4cncn4)cc3)c2C(F)(F)F)cc1. The molecule has 4 rings (SSSR count). The number of aromatic nitrogens is 5. The largest absolute Gasteiger partial charge is 0.434 e. The lowest BCUT2D eigenvalue weighted by Crippen LogP contribution is -2.34. The van der Waals surface area contributed by atoms with E-state index < -0.39 is 35.8 Å². The Morgan fingerprint density at radius 3 is 2.26 bits per heavy atom. The Morgan fingerprint density at radius 1 is 0.971 bits per heavy atom. The van der Waals surface area contributed by atoms with E-state index in [1.807, 2.05) is 0 Å². The van der Waals surface area contributed by atoms with Crippen molar-refractivity contribution in [2.45, 2.75) is 13.1 Å². The van der Waals surface area contributed by atoms with E-state index in [1.165, 1.54) is 29.5 Å². The van der Waals surface area contributed by atoms with Gasteiger partial charge in [0.05, 0.1) is 29.7 Å². The number of anilines is 1. The Hall–Kier alpha value is -4.48. The quantitative estimate of drug-likeness (QED) is 0.451. The fourth-order valence-corrected chi connectivity index (χ4v) is 3.17. The third-order valence-corrected chi connectivity index (χ3v) is 4.80. The van der Waals surface area contributed by atoms with Gasteiger partial charge in [-0.05, 0) is 43.3 Å². The number of carbonyl (C=O) groups excluding carboxylic acids is 2. The first-order valence-electron chi connectivity index (χ1n) is 9.98. The Balaban J connectivity index is 1.43. The molecule has 0 spiro atoms. The van der Waals surface area contributed by atoms with E-state index >= 15 is 0 Å². The van der Waals surface area contributed by atoms with Gasteiger partial charge in [0, 0.05) is 5.69 Å². The first-order chi connectivity index (χ1) is 16.2. The van der Waals surface area contributed by atoms with Crippen LogP contribution in [0.3, 0.4) is 0 Å². The van der Waals surface area contributed by atoms with Gasteiger partial charge in [-0.2, -0.15) is 23.4 Å². The number of nitrogens with zero attached hydrogens (tertiary/aromatic N) is 5. The molecule has 0 fully saturated rings. The Bertz CT molecular complexity index is 1300. The minimum absolute atomic E-state index is 0.157. The van der Waals surface area contributed by atoms with Crippen molar-refractivity contribution in [1.82, 2.24) is 29.9 Å². The molecule has 174 valence electrons. The molecule has 2 heterocycles. The number of rotatable bonds is 6. The molecule has 9 nitrogen and oxygen atoms in total. The minimum atomic E-state index is -4.85. The highest BCUT2D eigenvalue weighted by molar-refractivity contribution is 6.00. The molecule has 2 aromatic heterocycles. The van der Waals surface area contributed by atoms with Crippen molar-refractivity contribution < 1.29 is 22.8 Å². The zero-order valence-corrected chi connectivity index (χ0v) is 17.7. The number of nitrogens with one attached hydrogen (secondary N) is 2. The van der Waals surface area contributed by atoms with Crippen LogP contribution in [-0.2, 0) is 11.0 Å². The first kappa shape index (κ1) is 22.7. The molecule has 0 saturated carbocycles. The fraction of sp³-hybridized carbons (Fsp3) is 0.136. The number of alkyl halides is 3. The molecular weight excluding hydrogens is 451 g/mol. The van der Waals surface area contributed by atoms with E-state index in [0.717, 1.165) is 11.8 Å². The molecule has 2 aromatic carbocycles. The molecule has 2 N–H and O–H groups in total. The minimum Gasteiger partial charge on any atom is -0.343 e. The summed E-state index contributed by atoms with van der Waals surface area (Å²) in [5, 5.41) is 12.5. The summed E-state index contributed by atoms with van der Waals surface area (Å²) in [6.07, 6.45) is -1.12. The second-order valence-corrected chi connectivity index (χ2v) is 7.27. The van der Waals surface area contributed by atoms with Crippen LogP contribution in [0.2, 0.25) is 0 Å². The van der Waals surface area contributed by atoms with Crippen LogP contribution in [0.15, 0.2) is 67.4 Å². The van der Waals surface area contributed by atoms with Crippen LogP contribution in [-0.4, -0.2) is 42.9 Å². The number of hydrogen-bond donors (Lipinski definition) is 2. The second-order valence-electron chi connectivity index (χ2n) is 7.27. The lowest BCUT2D eigenvalue weighted by atomic mass is 10.2. The molecule has 0 bridgehead atoms. The third kappa shape index (κ3) is 4.95. The molecule has 0 saturated heterocycles. The van der Waals surface area contributed by atoms with Gasteiger partial charge in [0.1, 0.15) is 12.7 Å². The number of amides is 2. The molecule has 0 aliphatic carbocycles. The first-order valence-corrected chi connectivity index (χ1v) is 9.98. The molecule has 0 unspecified atom stereocenters. The van der Waals surface area contributed by atoms with Gasteiger partial charge in [0.15, 0.2) is 5.69 Å². The molecule has 0 radical (unpaired) electrons. The van der Waals surface area contributed by atoms with Crippen LogP contribution < -0.4 is 10.6 Å². The molecule has 0 atom stereocenters. The van der Waals surface area contributed by atoms with Crippen molar-refractivity contribution in [2.75, 3.05) is 11.9 Å². The highest BCUT2D eigenvalue weighted by Crippen LogP contribution is 2.33. The predicted molar refractivity (Wildman–Crippen MR) is 116 cm³/mol. The Labute approximate surface area is 191 Å². The lowest BCUT2D eigenvalue weighted by molar-refractivity contribution is -0.143. The van der Waals surface area contributed by atoms with Crippen molar-refractivity contribution in [3.63, 3.8) is 0 Å². The van der Waals surface area contributed by atoms with Crippen molar-refractivity contribution in [3.05, 3.63) is 84.2 Å². The monoisotopic (exact) mass is 469 g/mol. The van der Waals surface area contributed by atoms with Crippen LogP contribution in [0.5, 0.6) is 0 Å². The van der Waals surface area contributed by atoms with Crippen LogP contribution >= 0.6 is 0 Å². The maximum atomic E-state index is 13.8. The number of aryl methyl sites for hydroxylation is 1. The van der Waals surface area contributed by atoms with Gasteiger partial charge < -0.3 is 10.6 Å². The van der Waals surface area contributed by atoms with Crippen molar-refractivity contribution in [2.24, 2.45) is 0 Å². The van der Waals surface area contributed by atoms with Crippen LogP contribution in [0.4, 0.5) is 18.9 Å². The van der Waals surface area contributed by atoms with E-state index in [-0.39, 0.29) is 5.69 Å². The number of benzene rings is 2. The second kappa shape index (κ2) is 9.17. The van der Waals surface area contributed by atoms with E-state index in [0.29, 0.717) is 16.1 Å². The van der Waals surface area contributed by atoms with E-state index in [2.05, 4.69) is 25.8 Å². The molecule has 4 aromatic rings. The highest BCUT2D eigenvalue weighted by atomic mass is 19.4. The van der Waals surface area contributed by atoms with E-state index in [9.17, 15) is 22.8 Å². The number of halogens is 3. The topological polar surface area (TPSA) is 107 Å². The van der Waals surface area contributed by atoms with E-state index in [1.54, 1.807) is 43.3 Å². The van der Waals surface area contributed by atoms with Gasteiger partial charge in [-0.1, -0.05) is 17.7 Å². The van der Waals surface area contributed by atoms with Gasteiger partial charge in [-0.25, -0.2) is 14.3 Å². The average molecular weight is 469 g/mol. The van der Waals surface area contributed by atoms with Gasteiger partial charge in [0.2, 0.25) is 5.91 Å². The smallest absolute Gasteiger partial charge is 0.343 e. The van der Waals surface area contributed by atoms with Gasteiger partial charge in [-0.3, -0.25) is 9.59 Å². The maximum absolute atomic E-state index is 13.8. The Kier molecular flexibility index (Phi) is 6.13. The summed E-state index contributed by atoms with van der Waals surface area (Å²) in [6, 6.07) is 12.8. The third-order valence-electron chi connectivity index (χ3n) is 4.80. The predicted octanol–water partition coefficient (Wildman–Crippen LogP) is 3.15. The summed E-state index contributed by atoms with van der Waals surface area (Å²) < 4.78 is 43.5. The summed E-state index contributed by atoms with van der Waals surface area (Å²) in [6.45, 7) is 1.27. The van der Waals surface area contributed by atoms with Crippen molar-refractivity contribution >= 4 is 17.5 Å². The zero-order chi connectivity index (χ0) is 24.3. The van der Waals surface area contributed by atoms with Crippen molar-refractivity contribution in [1.29, 1.82) is 0 Å². The van der Waals surface area contributed by atoms with Gasteiger partial charge in [0.25, 0.3) is 5.91 Å². The Morgan fingerprint density at radius 2 is 1.65 bits per heavy atom. The molecule has 12 heteroatoms.